The molecule has 32 heavy (non-hydrogen) atoms. The van der Waals surface area contributed by atoms with Gasteiger partial charge in [0.2, 0.25) is 0 Å². The number of thiazole rings is 1. The molecule has 0 saturated carbocycles. The monoisotopic (exact) mass is 467 g/mol. The number of rotatable bonds is 7. The predicted molar refractivity (Wildman–Crippen MR) is 125 cm³/mol. The number of nitrogens with zero attached hydrogens (tertiary/aromatic N) is 1. The van der Waals surface area contributed by atoms with Crippen molar-refractivity contribution in [1.29, 1.82) is 0 Å². The van der Waals surface area contributed by atoms with Crippen molar-refractivity contribution in [1.82, 2.24) is 4.98 Å². The fraction of sp³-hybridized carbons (Fsp3) is 0.0870. The average Bonchev–Trinajstić information content (AvgIpc) is 3.44. The second-order valence-electron chi connectivity index (χ2n) is 6.78. The Balaban J connectivity index is 1.51. The van der Waals surface area contributed by atoms with Gasteiger partial charge in [0.05, 0.1) is 6.26 Å². The van der Waals surface area contributed by atoms with E-state index in [0.717, 1.165) is 22.5 Å². The van der Waals surface area contributed by atoms with Crippen molar-refractivity contribution < 1.29 is 18.7 Å². The molecule has 9 heteroatoms. The standard InChI is InChI=1S/C23H18ClN3O4S/c1-14-4-6-15(7-5-14)20-22(27-21(29)18-3-2-12-30-18)32-23(26-20)25-19(28)13-31-17-10-8-16(24)9-11-17/h2-12H,13H2,1H3,(H,27,29)(H,25,26,28). The molecule has 2 amide bonds. The van der Waals surface area contributed by atoms with Gasteiger partial charge in [0.1, 0.15) is 16.4 Å². The van der Waals surface area contributed by atoms with E-state index in [1.165, 1.54) is 6.26 Å². The highest BCUT2D eigenvalue weighted by Crippen LogP contribution is 2.36. The van der Waals surface area contributed by atoms with E-state index in [1.54, 1.807) is 36.4 Å². The summed E-state index contributed by atoms with van der Waals surface area (Å²) in [7, 11) is 0. The Labute approximate surface area is 193 Å². The average molecular weight is 468 g/mol. The SMILES string of the molecule is Cc1ccc(-c2nc(NC(=O)COc3ccc(Cl)cc3)sc2NC(=O)c2ccco2)cc1. The molecule has 0 aliphatic rings. The van der Waals surface area contributed by atoms with Gasteiger partial charge >= 0.3 is 0 Å². The van der Waals surface area contributed by atoms with Crippen LogP contribution in [0.1, 0.15) is 16.1 Å². The van der Waals surface area contributed by atoms with Crippen LogP contribution in [0.3, 0.4) is 0 Å². The number of aryl methyl sites for hydroxylation is 1. The van der Waals surface area contributed by atoms with Gasteiger partial charge in [-0.05, 0) is 43.3 Å². The first-order valence-electron chi connectivity index (χ1n) is 9.59. The molecule has 0 saturated heterocycles. The highest BCUT2D eigenvalue weighted by atomic mass is 35.5. The fourth-order valence-electron chi connectivity index (χ4n) is 2.77. The molecule has 0 unspecified atom stereocenters. The van der Waals surface area contributed by atoms with Gasteiger partial charge in [0.15, 0.2) is 17.5 Å². The molecule has 0 aliphatic heterocycles. The van der Waals surface area contributed by atoms with Crippen LogP contribution in [0.5, 0.6) is 5.75 Å². The molecule has 0 fully saturated rings. The Morgan fingerprint density at radius 3 is 2.50 bits per heavy atom. The van der Waals surface area contributed by atoms with Gasteiger partial charge in [-0.1, -0.05) is 52.8 Å². The van der Waals surface area contributed by atoms with Crippen LogP contribution >= 0.6 is 22.9 Å². The van der Waals surface area contributed by atoms with Crippen LogP contribution in [0.25, 0.3) is 11.3 Å². The maximum Gasteiger partial charge on any atom is 0.292 e. The fourth-order valence-corrected chi connectivity index (χ4v) is 3.80. The van der Waals surface area contributed by atoms with Gasteiger partial charge in [-0.2, -0.15) is 0 Å². The molecular weight excluding hydrogens is 450 g/mol. The van der Waals surface area contributed by atoms with Gasteiger partial charge in [0.25, 0.3) is 11.8 Å². The van der Waals surface area contributed by atoms with E-state index in [9.17, 15) is 9.59 Å². The summed E-state index contributed by atoms with van der Waals surface area (Å²) in [5, 5.41) is 6.93. The van der Waals surface area contributed by atoms with Gasteiger partial charge in [0, 0.05) is 10.6 Å². The Kier molecular flexibility index (Phi) is 6.53. The summed E-state index contributed by atoms with van der Waals surface area (Å²) in [6, 6.07) is 17.6. The number of hydrogen-bond donors (Lipinski definition) is 2. The summed E-state index contributed by atoms with van der Waals surface area (Å²) in [5.74, 6) is -0.0883. The van der Waals surface area contributed by atoms with E-state index in [-0.39, 0.29) is 18.3 Å². The third-order valence-electron chi connectivity index (χ3n) is 4.35. The minimum absolute atomic E-state index is 0.176. The first kappa shape index (κ1) is 21.6. The lowest BCUT2D eigenvalue weighted by molar-refractivity contribution is -0.118. The number of benzene rings is 2. The van der Waals surface area contributed by atoms with Gasteiger partial charge in [-0.15, -0.1) is 0 Å². The molecule has 4 aromatic rings. The van der Waals surface area contributed by atoms with Crippen LogP contribution < -0.4 is 15.4 Å². The molecule has 7 nitrogen and oxygen atoms in total. The highest BCUT2D eigenvalue weighted by molar-refractivity contribution is 7.20. The first-order valence-corrected chi connectivity index (χ1v) is 10.8. The number of aromatic nitrogens is 1. The van der Waals surface area contributed by atoms with Crippen molar-refractivity contribution in [2.45, 2.75) is 6.92 Å². The zero-order valence-electron chi connectivity index (χ0n) is 16.9. The molecule has 0 spiro atoms. The van der Waals surface area contributed by atoms with Crippen molar-refractivity contribution in [3.05, 3.63) is 83.3 Å². The molecule has 0 radical (unpaired) electrons. The molecule has 2 N–H and O–H groups in total. The minimum Gasteiger partial charge on any atom is -0.484 e. The third-order valence-corrected chi connectivity index (χ3v) is 5.49. The lowest BCUT2D eigenvalue weighted by Crippen LogP contribution is -2.20. The van der Waals surface area contributed by atoms with E-state index in [1.807, 2.05) is 31.2 Å². The second kappa shape index (κ2) is 9.67. The largest absolute Gasteiger partial charge is 0.484 e. The summed E-state index contributed by atoms with van der Waals surface area (Å²) in [6.07, 6.45) is 1.43. The van der Waals surface area contributed by atoms with Gasteiger partial charge in [-0.3, -0.25) is 14.9 Å². The number of carbonyl (C=O) groups excluding carboxylic acids is 2. The number of halogens is 1. The van der Waals surface area contributed by atoms with Crippen LogP contribution in [0.2, 0.25) is 5.02 Å². The van der Waals surface area contributed by atoms with Crippen LogP contribution in [0, 0.1) is 6.92 Å². The lowest BCUT2D eigenvalue weighted by Gasteiger charge is -2.05. The minimum atomic E-state index is -0.407. The van der Waals surface area contributed by atoms with E-state index >= 15 is 0 Å². The predicted octanol–water partition coefficient (Wildman–Crippen LogP) is 5.63. The highest BCUT2D eigenvalue weighted by Gasteiger charge is 2.19. The van der Waals surface area contributed by atoms with Gasteiger partial charge in [-0.25, -0.2) is 4.98 Å². The number of furan rings is 1. The number of ether oxygens (including phenoxy) is 1. The van der Waals surface area contributed by atoms with Crippen molar-refractivity contribution in [2.24, 2.45) is 0 Å². The number of nitrogens with one attached hydrogen (secondary N) is 2. The smallest absolute Gasteiger partial charge is 0.292 e. The third kappa shape index (κ3) is 5.35. The van der Waals surface area contributed by atoms with Gasteiger partial charge < -0.3 is 14.5 Å². The normalized spacial score (nSPS) is 10.6. The molecule has 0 atom stereocenters. The molecule has 2 aromatic carbocycles. The van der Waals surface area contributed by atoms with Crippen molar-refractivity contribution in [2.75, 3.05) is 17.2 Å². The van der Waals surface area contributed by atoms with Crippen LogP contribution in [-0.4, -0.2) is 23.4 Å². The van der Waals surface area contributed by atoms with E-state index in [2.05, 4.69) is 15.6 Å². The van der Waals surface area contributed by atoms with Crippen LogP contribution in [0.15, 0.2) is 71.3 Å². The van der Waals surface area contributed by atoms with Crippen molar-refractivity contribution >= 4 is 44.9 Å². The maximum atomic E-state index is 12.5. The second-order valence-corrected chi connectivity index (χ2v) is 8.22. The Morgan fingerprint density at radius 1 is 1.06 bits per heavy atom. The summed E-state index contributed by atoms with van der Waals surface area (Å²) < 4.78 is 10.6. The molecule has 162 valence electrons. The van der Waals surface area contributed by atoms with Crippen LogP contribution in [-0.2, 0) is 4.79 Å². The molecule has 0 bridgehead atoms. The van der Waals surface area contributed by atoms with E-state index in [4.69, 9.17) is 20.8 Å². The molecule has 4 rings (SSSR count). The zero-order valence-corrected chi connectivity index (χ0v) is 18.5. The van der Waals surface area contributed by atoms with Crippen LogP contribution in [0.4, 0.5) is 10.1 Å². The Hall–Kier alpha value is -3.62. The van der Waals surface area contributed by atoms with E-state index < -0.39 is 5.91 Å². The molecule has 2 aromatic heterocycles. The molecule has 2 heterocycles. The quantitative estimate of drug-likeness (QED) is 0.367. The summed E-state index contributed by atoms with van der Waals surface area (Å²) in [5.41, 5.74) is 2.45. The lowest BCUT2D eigenvalue weighted by atomic mass is 10.1. The van der Waals surface area contributed by atoms with E-state index in [0.29, 0.717) is 26.6 Å². The topological polar surface area (TPSA) is 93.5 Å². The molecular formula is C23H18ClN3O4S. The number of anilines is 2. The molecule has 0 aliphatic carbocycles. The number of carbonyl (C=O) groups is 2. The summed E-state index contributed by atoms with van der Waals surface area (Å²) in [6.45, 7) is 1.78. The van der Waals surface area contributed by atoms with Crippen molar-refractivity contribution in [3.8, 4) is 17.0 Å². The van der Waals surface area contributed by atoms with Crippen molar-refractivity contribution in [3.63, 3.8) is 0 Å². The first-order chi connectivity index (χ1) is 15.5. The Morgan fingerprint density at radius 2 is 1.81 bits per heavy atom. The number of amides is 2. The number of hydrogen-bond acceptors (Lipinski definition) is 6. The summed E-state index contributed by atoms with van der Waals surface area (Å²) >= 11 is 7.00. The maximum absolute atomic E-state index is 12.5. The zero-order chi connectivity index (χ0) is 22.5. The Bertz CT molecular complexity index is 1220. The summed E-state index contributed by atoms with van der Waals surface area (Å²) in [4.78, 5) is 29.4.